The van der Waals surface area contributed by atoms with Crippen LogP contribution in [-0.2, 0) is 16.6 Å². The Hall–Kier alpha value is -2.58. The Morgan fingerprint density at radius 3 is 2.56 bits per heavy atom. The number of anilines is 1. The van der Waals surface area contributed by atoms with Crippen LogP contribution in [0.2, 0.25) is 0 Å². The Labute approximate surface area is 203 Å². The summed E-state index contributed by atoms with van der Waals surface area (Å²) in [6.07, 6.45) is 4.41. The molecule has 1 amide bonds. The van der Waals surface area contributed by atoms with Crippen LogP contribution in [0.3, 0.4) is 0 Å². The van der Waals surface area contributed by atoms with Crippen molar-refractivity contribution in [3.05, 3.63) is 59.2 Å². The molecule has 0 aliphatic carbocycles. The predicted molar refractivity (Wildman–Crippen MR) is 135 cm³/mol. The summed E-state index contributed by atoms with van der Waals surface area (Å²) in [6, 6.07) is 13.7. The normalized spacial score (nSPS) is 21.0. The number of sulfonamides is 1. The van der Waals surface area contributed by atoms with Crippen molar-refractivity contribution in [1.82, 2.24) is 10.2 Å². The molecule has 2 aliphatic rings. The summed E-state index contributed by atoms with van der Waals surface area (Å²) in [6.45, 7) is 6.55. The van der Waals surface area contributed by atoms with Crippen LogP contribution >= 0.6 is 0 Å². The molecule has 34 heavy (non-hydrogen) atoms. The Bertz CT molecular complexity index is 1120. The quantitative estimate of drug-likeness (QED) is 0.618. The molecular formula is C26H35N3O4S. The molecule has 0 radical (unpaired) electrons. The summed E-state index contributed by atoms with van der Waals surface area (Å²) in [4.78, 5) is 14.6. The fraction of sp³-hybridized carbons (Fsp3) is 0.500. The summed E-state index contributed by atoms with van der Waals surface area (Å²) >= 11 is 0. The first-order chi connectivity index (χ1) is 16.3. The van der Waals surface area contributed by atoms with Gasteiger partial charge in [-0.25, -0.2) is 8.42 Å². The number of amides is 1. The molecule has 7 nitrogen and oxygen atoms in total. The average molecular weight is 486 g/mol. The van der Waals surface area contributed by atoms with E-state index in [-0.39, 0.29) is 5.91 Å². The molecule has 2 aliphatic heterocycles. The highest BCUT2D eigenvalue weighted by atomic mass is 32.2. The second-order valence-corrected chi connectivity index (χ2v) is 11.4. The van der Waals surface area contributed by atoms with Crippen LogP contribution in [0, 0.1) is 5.92 Å². The molecule has 2 atom stereocenters. The van der Waals surface area contributed by atoms with E-state index in [1.54, 1.807) is 7.05 Å². The highest BCUT2D eigenvalue weighted by Gasteiger charge is 2.29. The van der Waals surface area contributed by atoms with Gasteiger partial charge < -0.3 is 15.0 Å². The largest absolute Gasteiger partial charge is 0.493 e. The van der Waals surface area contributed by atoms with Crippen molar-refractivity contribution in [2.75, 3.05) is 43.8 Å². The van der Waals surface area contributed by atoms with Crippen LogP contribution in [-0.4, -0.2) is 58.8 Å². The Morgan fingerprint density at radius 2 is 1.85 bits per heavy atom. The van der Waals surface area contributed by atoms with Crippen molar-refractivity contribution in [3.8, 4) is 5.75 Å². The highest BCUT2D eigenvalue weighted by molar-refractivity contribution is 7.92. The molecule has 0 saturated carbocycles. The maximum atomic E-state index is 12.0. The number of hydrogen-bond donors (Lipinski definition) is 1. The van der Waals surface area contributed by atoms with Gasteiger partial charge in [0.15, 0.2) is 0 Å². The lowest BCUT2D eigenvalue weighted by Crippen LogP contribution is -2.25. The van der Waals surface area contributed by atoms with E-state index in [4.69, 9.17) is 4.74 Å². The summed E-state index contributed by atoms with van der Waals surface area (Å²) in [5.74, 6) is 1.33. The van der Waals surface area contributed by atoms with Crippen LogP contribution in [0.1, 0.15) is 53.6 Å². The van der Waals surface area contributed by atoms with Crippen molar-refractivity contribution in [2.24, 2.45) is 5.92 Å². The average Bonchev–Trinajstić information content (AvgIpc) is 3.06. The van der Waals surface area contributed by atoms with E-state index >= 15 is 0 Å². The van der Waals surface area contributed by atoms with Gasteiger partial charge in [0.1, 0.15) is 5.75 Å². The minimum absolute atomic E-state index is 0.0397. The molecular weight excluding hydrogens is 450 g/mol. The second-order valence-electron chi connectivity index (χ2n) is 9.42. The van der Waals surface area contributed by atoms with Crippen LogP contribution in [0.4, 0.5) is 5.69 Å². The molecule has 1 fully saturated rings. The van der Waals surface area contributed by atoms with Gasteiger partial charge in [0.25, 0.3) is 5.91 Å². The topological polar surface area (TPSA) is 79.0 Å². The number of hydrogen-bond acceptors (Lipinski definition) is 5. The molecule has 2 aromatic rings. The molecule has 2 heterocycles. The third-order valence-electron chi connectivity index (χ3n) is 7.09. The van der Waals surface area contributed by atoms with E-state index in [0.29, 0.717) is 36.2 Å². The first-order valence-corrected chi connectivity index (χ1v) is 13.9. The summed E-state index contributed by atoms with van der Waals surface area (Å²) in [7, 11) is -1.72. The zero-order valence-corrected chi connectivity index (χ0v) is 21.1. The van der Waals surface area contributed by atoms with Crippen LogP contribution in [0.15, 0.2) is 42.5 Å². The van der Waals surface area contributed by atoms with E-state index in [2.05, 4.69) is 29.3 Å². The number of carbonyl (C=O) groups is 1. The number of carbonyl (C=O) groups excluding carboxylic acids is 1. The molecule has 184 valence electrons. The summed E-state index contributed by atoms with van der Waals surface area (Å²) in [5.41, 5.74) is 3.59. The number of nitrogens with zero attached hydrogens (tertiary/aromatic N) is 2. The zero-order valence-electron chi connectivity index (χ0n) is 20.3. The number of rotatable bonds is 8. The SMILES string of the molecule is CCCN1CC[C@@H](COc2ccc3c(c2)C(=O)NC3)[C@H](c2ccc(N(C)S(C)(=O)=O)cc2)CC1. The molecule has 4 rings (SSSR count). The van der Waals surface area contributed by atoms with Gasteiger partial charge >= 0.3 is 0 Å². The minimum atomic E-state index is -3.29. The van der Waals surface area contributed by atoms with Gasteiger partial charge in [0.05, 0.1) is 18.6 Å². The number of nitrogens with one attached hydrogen (secondary N) is 1. The van der Waals surface area contributed by atoms with Crippen molar-refractivity contribution in [3.63, 3.8) is 0 Å². The monoisotopic (exact) mass is 485 g/mol. The third-order valence-corrected chi connectivity index (χ3v) is 8.30. The second kappa shape index (κ2) is 10.4. The molecule has 0 unspecified atom stereocenters. The van der Waals surface area contributed by atoms with Gasteiger partial charge in [-0.15, -0.1) is 0 Å². The van der Waals surface area contributed by atoms with Gasteiger partial charge in [0, 0.05) is 25.1 Å². The Kier molecular flexibility index (Phi) is 7.48. The van der Waals surface area contributed by atoms with Crippen LogP contribution in [0.25, 0.3) is 0 Å². The molecule has 2 aromatic carbocycles. The van der Waals surface area contributed by atoms with E-state index in [1.807, 2.05) is 30.3 Å². The lowest BCUT2D eigenvalue weighted by molar-refractivity contribution is 0.0965. The highest BCUT2D eigenvalue weighted by Crippen LogP contribution is 2.35. The first-order valence-electron chi connectivity index (χ1n) is 12.1. The lowest BCUT2D eigenvalue weighted by Gasteiger charge is -2.26. The van der Waals surface area contributed by atoms with E-state index in [1.165, 1.54) is 16.1 Å². The maximum Gasteiger partial charge on any atom is 0.252 e. The fourth-order valence-corrected chi connectivity index (χ4v) is 5.51. The van der Waals surface area contributed by atoms with Crippen molar-refractivity contribution in [2.45, 2.75) is 38.6 Å². The Balaban J connectivity index is 1.52. The van der Waals surface area contributed by atoms with Gasteiger partial charge in [-0.05, 0) is 80.2 Å². The molecule has 0 aromatic heterocycles. The third kappa shape index (κ3) is 5.55. The molecule has 0 bridgehead atoms. The molecule has 1 N–H and O–H groups in total. The summed E-state index contributed by atoms with van der Waals surface area (Å²) < 4.78 is 31.4. The molecule has 0 spiro atoms. The predicted octanol–water partition coefficient (Wildman–Crippen LogP) is 3.61. The number of fused-ring (bicyclic) bond motifs is 1. The standard InChI is InChI=1S/C26H35N3O4S/c1-4-13-29-14-11-21(18-33-23-10-7-20-17-27-26(30)25(20)16-23)24(12-15-29)19-5-8-22(9-6-19)28(2)34(3,31)32/h5-10,16,21,24H,4,11-15,17-18H2,1-3H3,(H,27,30)/t21-,24-/m0/s1. The summed E-state index contributed by atoms with van der Waals surface area (Å²) in [5, 5.41) is 2.85. The first kappa shape index (κ1) is 24.5. The van der Waals surface area contributed by atoms with Gasteiger partial charge in [-0.1, -0.05) is 25.1 Å². The number of benzene rings is 2. The minimum Gasteiger partial charge on any atom is -0.493 e. The van der Waals surface area contributed by atoms with Crippen molar-refractivity contribution in [1.29, 1.82) is 0 Å². The van der Waals surface area contributed by atoms with Crippen molar-refractivity contribution < 1.29 is 17.9 Å². The van der Waals surface area contributed by atoms with Crippen molar-refractivity contribution >= 4 is 21.6 Å². The molecule has 1 saturated heterocycles. The Morgan fingerprint density at radius 1 is 1.12 bits per heavy atom. The zero-order chi connectivity index (χ0) is 24.3. The number of likely N-dealkylation sites (tertiary alicyclic amines) is 1. The van der Waals surface area contributed by atoms with E-state index < -0.39 is 10.0 Å². The fourth-order valence-electron chi connectivity index (χ4n) is 5.00. The number of ether oxygens (including phenoxy) is 1. The van der Waals surface area contributed by atoms with E-state index in [0.717, 1.165) is 50.2 Å². The van der Waals surface area contributed by atoms with Gasteiger partial charge in [-0.2, -0.15) is 0 Å². The van der Waals surface area contributed by atoms with Crippen LogP contribution < -0.4 is 14.4 Å². The van der Waals surface area contributed by atoms with E-state index in [9.17, 15) is 13.2 Å². The van der Waals surface area contributed by atoms with Gasteiger partial charge in [0.2, 0.25) is 10.0 Å². The van der Waals surface area contributed by atoms with Gasteiger partial charge in [-0.3, -0.25) is 9.10 Å². The smallest absolute Gasteiger partial charge is 0.252 e. The maximum absolute atomic E-state index is 12.0. The van der Waals surface area contributed by atoms with Crippen LogP contribution in [0.5, 0.6) is 5.75 Å². The molecule has 8 heteroatoms. The lowest BCUT2D eigenvalue weighted by atomic mass is 9.83.